The van der Waals surface area contributed by atoms with E-state index in [2.05, 4.69) is 17.6 Å². The highest BCUT2D eigenvalue weighted by molar-refractivity contribution is 5.99. The highest BCUT2D eigenvalue weighted by atomic mass is 16.2. The number of rotatable bonds is 4. The smallest absolute Gasteiger partial charge is 0.270 e. The number of benzene rings is 1. The molecule has 0 unspecified atom stereocenters. The van der Waals surface area contributed by atoms with Crippen molar-refractivity contribution < 1.29 is 4.79 Å². The molecule has 1 amide bonds. The molecule has 96 valence electrons. The van der Waals surface area contributed by atoms with Crippen molar-refractivity contribution in [1.82, 2.24) is 9.88 Å². The van der Waals surface area contributed by atoms with Gasteiger partial charge < -0.3 is 9.88 Å². The van der Waals surface area contributed by atoms with Crippen molar-refractivity contribution in [2.75, 3.05) is 13.6 Å². The Labute approximate surface area is 112 Å². The van der Waals surface area contributed by atoms with Crippen LogP contribution in [0.3, 0.4) is 0 Å². The molecule has 0 radical (unpaired) electrons. The quantitative estimate of drug-likeness (QED) is 0.851. The minimum Gasteiger partial charge on any atom is -0.349 e. The molecule has 4 nitrogen and oxygen atoms in total. The Morgan fingerprint density at radius 2 is 2.37 bits per heavy atom. The summed E-state index contributed by atoms with van der Waals surface area (Å²) in [6.07, 6.45) is 2.54. The van der Waals surface area contributed by atoms with Gasteiger partial charge in [-0.1, -0.05) is 18.2 Å². The summed E-state index contributed by atoms with van der Waals surface area (Å²) in [6.45, 7) is 4.27. The Hall–Kier alpha value is -2.54. The van der Waals surface area contributed by atoms with Crippen LogP contribution in [0.4, 0.5) is 0 Å². The molecule has 1 aromatic carbocycles. The maximum atomic E-state index is 12.2. The van der Waals surface area contributed by atoms with Crippen LogP contribution in [0.5, 0.6) is 0 Å². The van der Waals surface area contributed by atoms with Crippen molar-refractivity contribution in [3.8, 4) is 6.07 Å². The van der Waals surface area contributed by atoms with Crippen molar-refractivity contribution in [3.63, 3.8) is 0 Å². The van der Waals surface area contributed by atoms with Gasteiger partial charge in [-0.25, -0.2) is 0 Å². The first-order valence-electron chi connectivity index (χ1n) is 6.05. The fourth-order valence-corrected chi connectivity index (χ4v) is 1.96. The molecule has 0 fully saturated rings. The predicted octanol–water partition coefficient (Wildman–Crippen LogP) is 2.69. The molecular weight excluding hydrogens is 238 g/mol. The van der Waals surface area contributed by atoms with E-state index < -0.39 is 0 Å². The molecular formula is C15H15N3O. The second kappa shape index (κ2) is 5.40. The maximum absolute atomic E-state index is 12.2. The number of para-hydroxylation sites is 1. The summed E-state index contributed by atoms with van der Waals surface area (Å²) in [4.78, 5) is 16.9. The maximum Gasteiger partial charge on any atom is 0.270 e. The summed E-state index contributed by atoms with van der Waals surface area (Å²) in [5.74, 6) is -0.0815. The molecule has 0 saturated carbocycles. The summed E-state index contributed by atoms with van der Waals surface area (Å²) in [6, 6.07) is 9.32. The van der Waals surface area contributed by atoms with Crippen LogP contribution in [0.2, 0.25) is 0 Å². The topological polar surface area (TPSA) is 59.9 Å². The second-order valence-corrected chi connectivity index (χ2v) is 4.37. The van der Waals surface area contributed by atoms with Gasteiger partial charge in [0.1, 0.15) is 11.8 Å². The van der Waals surface area contributed by atoms with Crippen LogP contribution in [0.15, 0.2) is 36.9 Å². The largest absolute Gasteiger partial charge is 0.349 e. The molecule has 0 aliphatic rings. The fraction of sp³-hybridized carbons (Fsp3) is 0.200. The number of amides is 1. The van der Waals surface area contributed by atoms with Crippen molar-refractivity contribution in [2.24, 2.45) is 0 Å². The highest BCUT2D eigenvalue weighted by Gasteiger charge is 2.14. The minimum absolute atomic E-state index is 0.0815. The molecule has 2 rings (SSSR count). The van der Waals surface area contributed by atoms with E-state index in [0.29, 0.717) is 23.3 Å². The number of carbonyl (C=O) groups excluding carboxylic acids is 1. The van der Waals surface area contributed by atoms with Crippen LogP contribution in [-0.2, 0) is 0 Å². The van der Waals surface area contributed by atoms with Gasteiger partial charge in [0.25, 0.3) is 5.91 Å². The van der Waals surface area contributed by atoms with Gasteiger partial charge >= 0.3 is 0 Å². The molecule has 0 aliphatic heterocycles. The third kappa shape index (κ3) is 2.50. The lowest BCUT2D eigenvalue weighted by Gasteiger charge is -2.14. The number of aromatic nitrogens is 1. The third-order valence-electron chi connectivity index (χ3n) is 3.02. The number of fused-ring (bicyclic) bond motifs is 1. The normalized spacial score (nSPS) is 10.1. The second-order valence-electron chi connectivity index (χ2n) is 4.37. The Morgan fingerprint density at radius 3 is 3.05 bits per heavy atom. The Morgan fingerprint density at radius 1 is 1.58 bits per heavy atom. The zero-order chi connectivity index (χ0) is 13.8. The lowest BCUT2D eigenvalue weighted by molar-refractivity contribution is 0.0792. The monoisotopic (exact) mass is 253 g/mol. The summed E-state index contributed by atoms with van der Waals surface area (Å²) in [5, 5.41) is 9.91. The number of aromatic amines is 1. The van der Waals surface area contributed by atoms with Crippen LogP contribution in [0, 0.1) is 11.3 Å². The fourth-order valence-electron chi connectivity index (χ4n) is 1.96. The summed E-state index contributed by atoms with van der Waals surface area (Å²) in [5.41, 5.74) is 1.76. The number of nitriles is 1. The minimum atomic E-state index is -0.0815. The first-order valence-corrected chi connectivity index (χ1v) is 6.05. The van der Waals surface area contributed by atoms with Crippen molar-refractivity contribution in [2.45, 2.75) is 6.42 Å². The Balaban J connectivity index is 2.34. The molecule has 0 atom stereocenters. The number of nitrogens with one attached hydrogen (secondary N) is 1. The van der Waals surface area contributed by atoms with Gasteiger partial charge in [0.05, 0.1) is 11.1 Å². The summed E-state index contributed by atoms with van der Waals surface area (Å²) < 4.78 is 0. The summed E-state index contributed by atoms with van der Waals surface area (Å²) >= 11 is 0. The standard InChI is InChI=1S/C15H15N3O/c1-3-4-8-18(2)15(19)13-9-11-6-5-7-12(10-16)14(11)17-13/h3,5-7,9,17H,1,4,8H2,2H3. The van der Waals surface area contributed by atoms with Crippen LogP contribution in [0.25, 0.3) is 10.9 Å². The molecule has 1 heterocycles. The van der Waals surface area contributed by atoms with E-state index >= 15 is 0 Å². The average Bonchev–Trinajstić information content (AvgIpc) is 2.87. The van der Waals surface area contributed by atoms with Crippen LogP contribution in [-0.4, -0.2) is 29.4 Å². The van der Waals surface area contributed by atoms with E-state index in [1.165, 1.54) is 0 Å². The molecule has 0 bridgehead atoms. The van der Waals surface area contributed by atoms with Crippen molar-refractivity contribution in [1.29, 1.82) is 5.26 Å². The summed E-state index contributed by atoms with van der Waals surface area (Å²) in [7, 11) is 1.75. The molecule has 19 heavy (non-hydrogen) atoms. The molecule has 0 spiro atoms. The van der Waals surface area contributed by atoms with Gasteiger partial charge in [0.15, 0.2) is 0 Å². The van der Waals surface area contributed by atoms with E-state index in [-0.39, 0.29) is 5.91 Å². The lowest BCUT2D eigenvalue weighted by Crippen LogP contribution is -2.27. The van der Waals surface area contributed by atoms with Gasteiger partial charge in [-0.3, -0.25) is 4.79 Å². The highest BCUT2D eigenvalue weighted by Crippen LogP contribution is 2.19. The van der Waals surface area contributed by atoms with Gasteiger partial charge in [0, 0.05) is 19.0 Å². The molecule has 1 N–H and O–H groups in total. The molecule has 4 heteroatoms. The Bertz CT molecular complexity index is 664. The van der Waals surface area contributed by atoms with Gasteiger partial charge in [-0.2, -0.15) is 5.26 Å². The number of carbonyl (C=O) groups is 1. The van der Waals surface area contributed by atoms with Crippen molar-refractivity contribution >= 4 is 16.8 Å². The lowest BCUT2D eigenvalue weighted by atomic mass is 10.1. The molecule has 2 aromatic rings. The van der Waals surface area contributed by atoms with Gasteiger partial charge in [-0.05, 0) is 18.6 Å². The zero-order valence-electron chi connectivity index (χ0n) is 10.8. The number of nitrogens with zero attached hydrogens (tertiary/aromatic N) is 2. The molecule has 0 aliphatic carbocycles. The van der Waals surface area contributed by atoms with Crippen LogP contribution >= 0.6 is 0 Å². The number of H-pyrrole nitrogens is 1. The first-order chi connectivity index (χ1) is 9.17. The molecule has 1 aromatic heterocycles. The first kappa shape index (κ1) is 12.9. The van der Waals surface area contributed by atoms with E-state index in [4.69, 9.17) is 5.26 Å². The number of hydrogen-bond donors (Lipinski definition) is 1. The van der Waals surface area contributed by atoms with E-state index in [0.717, 1.165) is 11.8 Å². The van der Waals surface area contributed by atoms with Crippen molar-refractivity contribution in [3.05, 3.63) is 48.2 Å². The van der Waals surface area contributed by atoms with E-state index in [1.807, 2.05) is 12.1 Å². The average molecular weight is 253 g/mol. The van der Waals surface area contributed by atoms with Gasteiger partial charge in [-0.15, -0.1) is 6.58 Å². The zero-order valence-corrected chi connectivity index (χ0v) is 10.8. The molecule has 0 saturated heterocycles. The van der Waals surface area contributed by atoms with Crippen LogP contribution < -0.4 is 0 Å². The SMILES string of the molecule is C=CCCN(C)C(=O)c1cc2cccc(C#N)c2[nH]1. The van der Waals surface area contributed by atoms with Crippen LogP contribution in [0.1, 0.15) is 22.5 Å². The third-order valence-corrected chi connectivity index (χ3v) is 3.02. The van der Waals surface area contributed by atoms with Gasteiger partial charge in [0.2, 0.25) is 0 Å². The van der Waals surface area contributed by atoms with E-state index in [9.17, 15) is 4.79 Å². The Kier molecular flexibility index (Phi) is 3.67. The predicted molar refractivity (Wildman–Crippen MR) is 74.8 cm³/mol. The van der Waals surface area contributed by atoms with E-state index in [1.54, 1.807) is 30.2 Å². The number of hydrogen-bond acceptors (Lipinski definition) is 2.